The van der Waals surface area contributed by atoms with Crippen LogP contribution < -0.4 is 10.1 Å². The summed E-state index contributed by atoms with van der Waals surface area (Å²) in [5, 5.41) is 3.60. The van der Waals surface area contributed by atoms with Gasteiger partial charge >= 0.3 is 0 Å². The summed E-state index contributed by atoms with van der Waals surface area (Å²) in [6, 6.07) is 3.89. The molecule has 5 nitrogen and oxygen atoms in total. The molecule has 0 atom stereocenters. The molecule has 6 heteroatoms. The monoisotopic (exact) mass is 311 g/mol. The fourth-order valence-corrected chi connectivity index (χ4v) is 2.61. The average molecular weight is 312 g/mol. The van der Waals surface area contributed by atoms with Gasteiger partial charge in [-0.1, -0.05) is 11.6 Å². The Hall–Kier alpha value is -1.33. The van der Waals surface area contributed by atoms with Crippen molar-refractivity contribution in [2.45, 2.75) is 32.2 Å². The molecule has 0 radical (unpaired) electrons. The van der Waals surface area contributed by atoms with Gasteiger partial charge in [0.2, 0.25) is 11.8 Å². The highest BCUT2D eigenvalue weighted by Crippen LogP contribution is 2.13. The summed E-state index contributed by atoms with van der Waals surface area (Å²) >= 11 is 5.77. The van der Waals surface area contributed by atoms with Crippen LogP contribution in [0.15, 0.2) is 18.3 Å². The Balaban J connectivity index is 1.57. The van der Waals surface area contributed by atoms with Crippen LogP contribution in [-0.4, -0.2) is 48.1 Å². The van der Waals surface area contributed by atoms with E-state index in [2.05, 4.69) is 15.2 Å². The van der Waals surface area contributed by atoms with Crippen molar-refractivity contribution in [3.8, 4) is 5.88 Å². The maximum atomic E-state index is 11.0. The summed E-state index contributed by atoms with van der Waals surface area (Å²) < 4.78 is 5.57. The zero-order chi connectivity index (χ0) is 15.1. The highest BCUT2D eigenvalue weighted by Gasteiger charge is 2.19. The molecule has 2 rings (SSSR count). The third-order valence-electron chi connectivity index (χ3n) is 3.56. The molecule has 0 aliphatic carbocycles. The fraction of sp³-hybridized carbons (Fsp3) is 0.600. The molecule has 0 bridgehead atoms. The summed E-state index contributed by atoms with van der Waals surface area (Å²) in [7, 11) is 0. The number of hydrogen-bond acceptors (Lipinski definition) is 4. The van der Waals surface area contributed by atoms with E-state index in [1.807, 2.05) is 0 Å². The SMILES string of the molecule is CC(=O)NC1CCN(CCCOc2ccc(Cl)cn2)CC1. The third kappa shape index (κ3) is 5.89. The largest absolute Gasteiger partial charge is 0.478 e. The maximum absolute atomic E-state index is 11.0. The van der Waals surface area contributed by atoms with Gasteiger partial charge in [-0.2, -0.15) is 0 Å². The van der Waals surface area contributed by atoms with E-state index in [0.29, 0.717) is 23.6 Å². The van der Waals surface area contributed by atoms with Crippen LogP contribution in [0.1, 0.15) is 26.2 Å². The van der Waals surface area contributed by atoms with E-state index in [1.54, 1.807) is 25.3 Å². The lowest BCUT2D eigenvalue weighted by atomic mass is 10.0. The first kappa shape index (κ1) is 16.0. The molecule has 1 saturated heterocycles. The van der Waals surface area contributed by atoms with Gasteiger partial charge in [-0.05, 0) is 25.3 Å². The van der Waals surface area contributed by atoms with E-state index in [4.69, 9.17) is 16.3 Å². The van der Waals surface area contributed by atoms with Crippen molar-refractivity contribution in [3.63, 3.8) is 0 Å². The number of amides is 1. The summed E-state index contributed by atoms with van der Waals surface area (Å²) in [6.07, 6.45) is 4.61. The summed E-state index contributed by atoms with van der Waals surface area (Å²) in [6.45, 7) is 5.31. The predicted octanol–water partition coefficient (Wildman–Crippen LogP) is 2.10. The first-order chi connectivity index (χ1) is 10.1. The van der Waals surface area contributed by atoms with Crippen LogP contribution >= 0.6 is 11.6 Å². The second-order valence-electron chi connectivity index (χ2n) is 5.33. The highest BCUT2D eigenvalue weighted by molar-refractivity contribution is 6.30. The topological polar surface area (TPSA) is 54.5 Å². The zero-order valence-electron chi connectivity index (χ0n) is 12.3. The Morgan fingerprint density at radius 1 is 1.48 bits per heavy atom. The number of rotatable bonds is 6. The molecular weight excluding hydrogens is 290 g/mol. The molecule has 1 fully saturated rings. The van der Waals surface area contributed by atoms with Gasteiger partial charge in [0.15, 0.2) is 0 Å². The second kappa shape index (κ2) is 8.20. The van der Waals surface area contributed by atoms with E-state index in [0.717, 1.165) is 38.9 Å². The number of hydrogen-bond donors (Lipinski definition) is 1. The molecular formula is C15H22ClN3O2. The van der Waals surface area contributed by atoms with Gasteiger partial charge < -0.3 is 15.0 Å². The third-order valence-corrected chi connectivity index (χ3v) is 3.79. The Morgan fingerprint density at radius 2 is 2.24 bits per heavy atom. The normalized spacial score (nSPS) is 16.7. The predicted molar refractivity (Wildman–Crippen MR) is 82.6 cm³/mol. The number of ether oxygens (including phenoxy) is 1. The highest BCUT2D eigenvalue weighted by atomic mass is 35.5. The number of carbonyl (C=O) groups is 1. The molecule has 0 unspecified atom stereocenters. The van der Waals surface area contributed by atoms with Crippen LogP contribution in [0.4, 0.5) is 0 Å². The van der Waals surface area contributed by atoms with Crippen molar-refractivity contribution in [2.75, 3.05) is 26.2 Å². The molecule has 1 aliphatic rings. The van der Waals surface area contributed by atoms with Crippen LogP contribution in [0.2, 0.25) is 5.02 Å². The lowest BCUT2D eigenvalue weighted by Crippen LogP contribution is -2.44. The van der Waals surface area contributed by atoms with Crippen molar-refractivity contribution in [1.29, 1.82) is 0 Å². The van der Waals surface area contributed by atoms with Gasteiger partial charge in [0.1, 0.15) is 0 Å². The van der Waals surface area contributed by atoms with Crippen LogP contribution in [0.5, 0.6) is 5.88 Å². The van der Waals surface area contributed by atoms with Crippen molar-refractivity contribution in [1.82, 2.24) is 15.2 Å². The number of nitrogens with zero attached hydrogens (tertiary/aromatic N) is 2. The molecule has 116 valence electrons. The molecule has 1 aromatic heterocycles. The van der Waals surface area contributed by atoms with Gasteiger partial charge in [0, 0.05) is 44.9 Å². The van der Waals surface area contributed by atoms with E-state index in [1.165, 1.54) is 0 Å². The first-order valence-corrected chi connectivity index (χ1v) is 7.75. The van der Waals surface area contributed by atoms with Gasteiger partial charge in [0.25, 0.3) is 0 Å². The van der Waals surface area contributed by atoms with Crippen molar-refractivity contribution in [3.05, 3.63) is 23.4 Å². The van der Waals surface area contributed by atoms with Gasteiger partial charge in [-0.25, -0.2) is 4.98 Å². The van der Waals surface area contributed by atoms with E-state index < -0.39 is 0 Å². The molecule has 2 heterocycles. The minimum Gasteiger partial charge on any atom is -0.478 e. The van der Waals surface area contributed by atoms with Crippen molar-refractivity contribution in [2.24, 2.45) is 0 Å². The van der Waals surface area contributed by atoms with Gasteiger partial charge in [0.05, 0.1) is 11.6 Å². The molecule has 21 heavy (non-hydrogen) atoms. The minimum absolute atomic E-state index is 0.0670. The fourth-order valence-electron chi connectivity index (χ4n) is 2.50. The maximum Gasteiger partial charge on any atom is 0.217 e. The number of halogens is 1. The molecule has 1 N–H and O–H groups in total. The quantitative estimate of drug-likeness (QED) is 0.818. The molecule has 0 spiro atoms. The van der Waals surface area contributed by atoms with Crippen LogP contribution in [0.25, 0.3) is 0 Å². The van der Waals surface area contributed by atoms with E-state index in [-0.39, 0.29) is 5.91 Å². The summed E-state index contributed by atoms with van der Waals surface area (Å²) in [4.78, 5) is 17.5. The lowest BCUT2D eigenvalue weighted by molar-refractivity contribution is -0.119. The average Bonchev–Trinajstić information content (AvgIpc) is 2.46. The summed E-state index contributed by atoms with van der Waals surface area (Å²) in [5.74, 6) is 0.682. The number of pyridine rings is 1. The van der Waals surface area contributed by atoms with Gasteiger partial charge in [-0.3, -0.25) is 4.79 Å². The second-order valence-corrected chi connectivity index (χ2v) is 5.77. The van der Waals surface area contributed by atoms with Crippen LogP contribution in [0.3, 0.4) is 0 Å². The Morgan fingerprint density at radius 3 is 2.86 bits per heavy atom. The molecule has 0 aromatic carbocycles. The van der Waals surface area contributed by atoms with Crippen LogP contribution in [-0.2, 0) is 4.79 Å². The van der Waals surface area contributed by atoms with Gasteiger partial charge in [-0.15, -0.1) is 0 Å². The molecule has 1 amide bonds. The molecule has 1 aliphatic heterocycles. The Kier molecular flexibility index (Phi) is 6.26. The summed E-state index contributed by atoms with van der Waals surface area (Å²) in [5.41, 5.74) is 0. The smallest absolute Gasteiger partial charge is 0.217 e. The van der Waals surface area contributed by atoms with Crippen molar-refractivity contribution < 1.29 is 9.53 Å². The Bertz CT molecular complexity index is 445. The number of likely N-dealkylation sites (tertiary alicyclic amines) is 1. The van der Waals surface area contributed by atoms with E-state index >= 15 is 0 Å². The van der Waals surface area contributed by atoms with Crippen LogP contribution in [0, 0.1) is 0 Å². The lowest BCUT2D eigenvalue weighted by Gasteiger charge is -2.32. The molecule has 0 saturated carbocycles. The molecule has 1 aromatic rings. The van der Waals surface area contributed by atoms with Crippen molar-refractivity contribution >= 4 is 17.5 Å². The zero-order valence-corrected chi connectivity index (χ0v) is 13.1. The van der Waals surface area contributed by atoms with E-state index in [9.17, 15) is 4.79 Å². The number of carbonyl (C=O) groups excluding carboxylic acids is 1. The number of nitrogens with one attached hydrogen (secondary N) is 1. The number of aromatic nitrogens is 1. The first-order valence-electron chi connectivity index (χ1n) is 7.37. The number of piperidine rings is 1. The minimum atomic E-state index is 0.0670. The standard InChI is InChI=1S/C15H22ClN3O2/c1-12(20)18-14-5-8-19(9-6-14)7-2-10-21-15-4-3-13(16)11-17-15/h3-4,11,14H,2,5-10H2,1H3,(H,18,20). The Labute approximate surface area is 130 Å².